The highest BCUT2D eigenvalue weighted by atomic mass is 16.3. The maximum atomic E-state index is 13.3. The van der Waals surface area contributed by atoms with Crippen molar-refractivity contribution >= 4 is 11.8 Å². The molecule has 172 valence electrons. The smallest absolute Gasteiger partial charge is 0.237 e. The molecule has 6 fully saturated rings. The molecule has 2 aliphatic heterocycles. The van der Waals surface area contributed by atoms with E-state index >= 15 is 0 Å². The normalized spacial score (nSPS) is 40.0. The molecule has 1 N–H and O–H groups in total. The standard InChI is InChI=1S/C24H33N5O3/c25-12-19-3-1-5-28(19)21(30)14-27(15-22(31)29-6-2-4-20(29)13-26)23-8-17-7-18(9-23)11-24(32,10-17)16-23/h17-20,32H,1-11,14-16H2. The Hall–Kier alpha value is -2.16. The number of hydrogen-bond donors (Lipinski definition) is 1. The third-order valence-electron chi connectivity index (χ3n) is 8.77. The second-order valence-electron chi connectivity index (χ2n) is 11.0. The van der Waals surface area contributed by atoms with Crippen molar-refractivity contribution in [2.75, 3.05) is 26.2 Å². The Labute approximate surface area is 189 Å². The first-order valence-corrected chi connectivity index (χ1v) is 12.2. The predicted octanol–water partition coefficient (Wildman–Crippen LogP) is 1.40. The fourth-order valence-electron chi connectivity index (χ4n) is 7.83. The molecule has 4 unspecified atom stereocenters. The van der Waals surface area contributed by atoms with Crippen LogP contribution in [-0.4, -0.2) is 81.0 Å². The summed E-state index contributed by atoms with van der Waals surface area (Å²) in [7, 11) is 0. The van der Waals surface area contributed by atoms with Crippen LogP contribution in [0.2, 0.25) is 0 Å². The minimum atomic E-state index is -0.694. The van der Waals surface area contributed by atoms with Crippen LogP contribution >= 0.6 is 0 Å². The lowest BCUT2D eigenvalue weighted by atomic mass is 9.50. The van der Waals surface area contributed by atoms with Gasteiger partial charge in [-0.3, -0.25) is 14.5 Å². The van der Waals surface area contributed by atoms with E-state index < -0.39 is 5.60 Å². The van der Waals surface area contributed by atoms with E-state index in [1.54, 1.807) is 9.80 Å². The van der Waals surface area contributed by atoms with Crippen molar-refractivity contribution in [3.05, 3.63) is 0 Å². The van der Waals surface area contributed by atoms with E-state index in [2.05, 4.69) is 12.1 Å². The minimum absolute atomic E-state index is 0.0946. The molecule has 8 heteroatoms. The van der Waals surface area contributed by atoms with E-state index in [0.717, 1.165) is 44.9 Å². The number of rotatable bonds is 5. The molecule has 6 rings (SSSR count). The van der Waals surface area contributed by atoms with E-state index in [0.29, 0.717) is 44.2 Å². The number of carbonyl (C=O) groups is 2. The second-order valence-corrected chi connectivity index (χ2v) is 11.0. The van der Waals surface area contributed by atoms with E-state index in [9.17, 15) is 25.2 Å². The van der Waals surface area contributed by atoms with Crippen LogP contribution in [0, 0.1) is 34.5 Å². The monoisotopic (exact) mass is 439 g/mol. The van der Waals surface area contributed by atoms with Gasteiger partial charge in [0, 0.05) is 18.6 Å². The molecule has 2 heterocycles. The fraction of sp³-hybridized carbons (Fsp3) is 0.833. The summed E-state index contributed by atoms with van der Waals surface area (Å²) >= 11 is 0. The lowest BCUT2D eigenvalue weighted by Crippen LogP contribution is -2.67. The van der Waals surface area contributed by atoms with Crippen LogP contribution in [0.3, 0.4) is 0 Å². The van der Waals surface area contributed by atoms with Gasteiger partial charge in [-0.05, 0) is 76.0 Å². The van der Waals surface area contributed by atoms with Gasteiger partial charge in [0.25, 0.3) is 0 Å². The van der Waals surface area contributed by atoms with Gasteiger partial charge in [-0.15, -0.1) is 0 Å². The zero-order valence-corrected chi connectivity index (χ0v) is 18.7. The molecular formula is C24H33N5O3. The summed E-state index contributed by atoms with van der Waals surface area (Å²) in [6, 6.07) is 3.71. The van der Waals surface area contributed by atoms with E-state index in [1.165, 1.54) is 0 Å². The third-order valence-corrected chi connectivity index (χ3v) is 8.77. The number of carbonyl (C=O) groups excluding carboxylic acids is 2. The summed E-state index contributed by atoms with van der Waals surface area (Å²) in [5.41, 5.74) is -1.05. The summed E-state index contributed by atoms with van der Waals surface area (Å²) in [5.74, 6) is 0.683. The van der Waals surface area contributed by atoms with E-state index in [4.69, 9.17) is 0 Å². The summed E-state index contributed by atoms with van der Waals surface area (Å²) < 4.78 is 0. The van der Waals surface area contributed by atoms with E-state index in [-0.39, 0.29) is 42.5 Å². The molecule has 2 saturated heterocycles. The van der Waals surface area contributed by atoms with Crippen molar-refractivity contribution < 1.29 is 14.7 Å². The third kappa shape index (κ3) is 3.68. The van der Waals surface area contributed by atoms with Crippen LogP contribution in [0.4, 0.5) is 0 Å². The van der Waals surface area contributed by atoms with Crippen molar-refractivity contribution in [2.45, 2.75) is 87.4 Å². The number of aliphatic hydroxyl groups is 1. The maximum absolute atomic E-state index is 13.3. The molecular weight excluding hydrogens is 406 g/mol. The van der Waals surface area contributed by atoms with Gasteiger partial charge in [0.15, 0.2) is 0 Å². The van der Waals surface area contributed by atoms with Gasteiger partial charge < -0.3 is 14.9 Å². The lowest BCUT2D eigenvalue weighted by molar-refractivity contribution is -0.181. The molecule has 32 heavy (non-hydrogen) atoms. The van der Waals surface area contributed by atoms with Crippen molar-refractivity contribution in [2.24, 2.45) is 11.8 Å². The molecule has 0 spiro atoms. The summed E-state index contributed by atoms with van der Waals surface area (Å²) in [5, 5.41) is 30.2. The Morgan fingerprint density at radius 1 is 0.906 bits per heavy atom. The molecule has 0 radical (unpaired) electrons. The Bertz CT molecular complexity index is 816. The van der Waals surface area contributed by atoms with Crippen LogP contribution < -0.4 is 0 Å². The average Bonchev–Trinajstić information content (AvgIpc) is 3.40. The molecule has 0 aromatic rings. The summed E-state index contributed by atoms with van der Waals surface area (Å²) in [4.78, 5) is 32.0. The van der Waals surface area contributed by atoms with Gasteiger partial charge in [-0.2, -0.15) is 10.5 Å². The first kappa shape index (κ1) is 21.7. The Kier molecular flexibility index (Phi) is 5.42. The van der Waals surface area contributed by atoms with Gasteiger partial charge in [0.05, 0.1) is 30.8 Å². The fourth-order valence-corrected chi connectivity index (χ4v) is 7.83. The number of amides is 2. The SMILES string of the molecule is N#CC1CCCN1C(=O)CN(CC(=O)N1CCCC1C#N)C12CC3CC(CC(O)(C3)C1)C2. The highest BCUT2D eigenvalue weighted by Crippen LogP contribution is 2.59. The zero-order chi connectivity index (χ0) is 22.5. The van der Waals surface area contributed by atoms with Gasteiger partial charge in [-0.25, -0.2) is 0 Å². The average molecular weight is 440 g/mol. The minimum Gasteiger partial charge on any atom is -0.390 e. The molecule has 0 aromatic carbocycles. The Balaban J connectivity index is 1.40. The van der Waals surface area contributed by atoms with Crippen molar-refractivity contribution in [1.82, 2.24) is 14.7 Å². The number of nitrogens with zero attached hydrogens (tertiary/aromatic N) is 5. The van der Waals surface area contributed by atoms with Gasteiger partial charge in [0.1, 0.15) is 12.1 Å². The molecule has 4 saturated carbocycles. The first-order chi connectivity index (χ1) is 15.3. The molecule has 4 aliphatic carbocycles. The van der Waals surface area contributed by atoms with Gasteiger partial charge in [-0.1, -0.05) is 0 Å². The topological polar surface area (TPSA) is 112 Å². The lowest BCUT2D eigenvalue weighted by Gasteiger charge is -2.63. The molecule has 0 aromatic heterocycles. The number of likely N-dealkylation sites (tertiary alicyclic amines) is 2. The van der Waals surface area contributed by atoms with Crippen LogP contribution in [0.1, 0.15) is 64.2 Å². The molecule has 8 nitrogen and oxygen atoms in total. The van der Waals surface area contributed by atoms with Gasteiger partial charge >= 0.3 is 0 Å². The van der Waals surface area contributed by atoms with Crippen molar-refractivity contribution in [3.63, 3.8) is 0 Å². The van der Waals surface area contributed by atoms with Crippen LogP contribution in [0.15, 0.2) is 0 Å². The van der Waals surface area contributed by atoms with Gasteiger partial charge in [0.2, 0.25) is 11.8 Å². The Morgan fingerprint density at radius 2 is 1.41 bits per heavy atom. The second kappa shape index (κ2) is 8.01. The van der Waals surface area contributed by atoms with Crippen LogP contribution in [0.5, 0.6) is 0 Å². The Morgan fingerprint density at radius 3 is 1.84 bits per heavy atom. The first-order valence-electron chi connectivity index (χ1n) is 12.2. The molecule has 6 aliphatic rings. The molecule has 4 bridgehead atoms. The number of hydrogen-bond acceptors (Lipinski definition) is 6. The number of nitriles is 2. The van der Waals surface area contributed by atoms with Crippen LogP contribution in [0.25, 0.3) is 0 Å². The largest absolute Gasteiger partial charge is 0.390 e. The summed E-state index contributed by atoms with van der Waals surface area (Å²) in [6.45, 7) is 1.38. The molecule has 2 amide bonds. The quantitative estimate of drug-likeness (QED) is 0.693. The summed E-state index contributed by atoms with van der Waals surface area (Å²) in [6.07, 6.45) is 8.28. The highest BCUT2D eigenvalue weighted by Gasteiger charge is 2.59. The maximum Gasteiger partial charge on any atom is 0.237 e. The molecule has 4 atom stereocenters. The predicted molar refractivity (Wildman–Crippen MR) is 115 cm³/mol. The highest BCUT2D eigenvalue weighted by molar-refractivity contribution is 5.82. The van der Waals surface area contributed by atoms with Crippen molar-refractivity contribution in [3.8, 4) is 12.1 Å². The zero-order valence-electron chi connectivity index (χ0n) is 18.7. The van der Waals surface area contributed by atoms with Crippen LogP contribution in [-0.2, 0) is 9.59 Å². The van der Waals surface area contributed by atoms with E-state index in [1.807, 2.05) is 4.90 Å². The van der Waals surface area contributed by atoms with Crippen molar-refractivity contribution in [1.29, 1.82) is 10.5 Å².